The van der Waals surface area contributed by atoms with Crippen LogP contribution >= 0.6 is 0 Å². The molecular weight excluding hydrogens is 382 g/mol. The molecule has 0 aliphatic heterocycles. The maximum absolute atomic E-state index is 12.8. The predicted octanol–water partition coefficient (Wildman–Crippen LogP) is 4.44. The number of carbonyl (C=O) groups excluding carboxylic acids is 2. The zero-order chi connectivity index (χ0) is 22.0. The van der Waals surface area contributed by atoms with Crippen molar-refractivity contribution in [2.45, 2.75) is 51.4 Å². The molecule has 30 heavy (non-hydrogen) atoms. The summed E-state index contributed by atoms with van der Waals surface area (Å²) in [6, 6.07) is 19.1. The molecule has 1 unspecified atom stereocenters. The maximum atomic E-state index is 12.8. The highest BCUT2D eigenvalue weighted by molar-refractivity contribution is 5.76. The molecule has 2 rings (SSSR count). The quantitative estimate of drug-likeness (QED) is 0.615. The summed E-state index contributed by atoms with van der Waals surface area (Å²) in [4.78, 5) is 24.8. The highest BCUT2D eigenvalue weighted by Crippen LogP contribution is 2.20. The van der Waals surface area contributed by atoms with Gasteiger partial charge in [-0.25, -0.2) is 9.59 Å². The van der Waals surface area contributed by atoms with Gasteiger partial charge in [0.2, 0.25) is 0 Å². The third-order valence-corrected chi connectivity index (χ3v) is 4.31. The number of hydrogen-bond acceptors (Lipinski definition) is 5. The highest BCUT2D eigenvalue weighted by atomic mass is 16.6. The van der Waals surface area contributed by atoms with E-state index in [9.17, 15) is 9.59 Å². The van der Waals surface area contributed by atoms with Crippen LogP contribution in [0.15, 0.2) is 60.7 Å². The molecule has 2 atom stereocenters. The molecule has 0 bridgehead atoms. The van der Waals surface area contributed by atoms with Gasteiger partial charge in [-0.05, 0) is 44.7 Å². The number of methoxy groups -OCH3 is 1. The minimum Gasteiger partial charge on any atom is -0.458 e. The monoisotopic (exact) mass is 413 g/mol. The van der Waals surface area contributed by atoms with E-state index in [1.165, 1.54) is 7.11 Å². The van der Waals surface area contributed by atoms with Crippen LogP contribution in [0, 0.1) is 0 Å². The van der Waals surface area contributed by atoms with Crippen molar-refractivity contribution in [1.82, 2.24) is 5.32 Å². The van der Waals surface area contributed by atoms with Gasteiger partial charge < -0.3 is 19.5 Å². The largest absolute Gasteiger partial charge is 0.458 e. The Kier molecular flexibility index (Phi) is 8.87. The van der Waals surface area contributed by atoms with E-state index < -0.39 is 29.9 Å². The zero-order valence-electron chi connectivity index (χ0n) is 18.1. The Morgan fingerprint density at radius 2 is 1.57 bits per heavy atom. The summed E-state index contributed by atoms with van der Waals surface area (Å²) < 4.78 is 16.4. The van der Waals surface area contributed by atoms with E-state index in [-0.39, 0.29) is 6.54 Å². The van der Waals surface area contributed by atoms with E-state index in [4.69, 9.17) is 14.2 Å². The molecule has 2 aromatic carbocycles. The summed E-state index contributed by atoms with van der Waals surface area (Å²) in [6.45, 7) is 5.53. The van der Waals surface area contributed by atoms with Crippen LogP contribution in [-0.4, -0.2) is 37.4 Å². The van der Waals surface area contributed by atoms with Gasteiger partial charge in [-0.2, -0.15) is 0 Å². The fraction of sp³-hybridized carbons (Fsp3) is 0.417. The normalized spacial score (nSPS) is 13.2. The molecule has 1 N–H and O–H groups in total. The number of hydrogen-bond donors (Lipinski definition) is 1. The number of ether oxygens (including phenoxy) is 3. The number of nitrogens with one attached hydrogen (secondary N) is 1. The van der Waals surface area contributed by atoms with Gasteiger partial charge in [0.1, 0.15) is 11.7 Å². The first-order valence-corrected chi connectivity index (χ1v) is 10.1. The Balaban J connectivity index is 2.03. The number of carbonyl (C=O) groups is 2. The van der Waals surface area contributed by atoms with Crippen LogP contribution in [-0.2, 0) is 25.4 Å². The summed E-state index contributed by atoms with van der Waals surface area (Å²) in [5.41, 5.74) is 1.24. The Labute approximate surface area is 178 Å². The number of esters is 1. The Morgan fingerprint density at radius 1 is 0.967 bits per heavy atom. The van der Waals surface area contributed by atoms with Gasteiger partial charge in [0, 0.05) is 7.11 Å². The molecular formula is C24H31NO5. The molecule has 2 aromatic rings. The molecule has 0 radical (unpaired) electrons. The van der Waals surface area contributed by atoms with Gasteiger partial charge >= 0.3 is 12.1 Å². The number of rotatable bonds is 9. The molecule has 0 saturated carbocycles. The van der Waals surface area contributed by atoms with Crippen LogP contribution in [0.5, 0.6) is 0 Å². The topological polar surface area (TPSA) is 73.9 Å². The molecule has 0 heterocycles. The minimum absolute atomic E-state index is 0.151. The van der Waals surface area contributed by atoms with Gasteiger partial charge in [-0.3, -0.25) is 0 Å². The van der Waals surface area contributed by atoms with E-state index in [0.717, 1.165) is 5.56 Å². The van der Waals surface area contributed by atoms with E-state index in [1.54, 1.807) is 20.8 Å². The summed E-state index contributed by atoms with van der Waals surface area (Å²) in [5, 5.41) is 2.70. The molecule has 6 nitrogen and oxygen atoms in total. The van der Waals surface area contributed by atoms with Crippen molar-refractivity contribution in [3.05, 3.63) is 71.8 Å². The standard InChI is InChI=1S/C24H31NO5/c1-24(2,3)30-23(27)25-17-20(16-15-18-11-7-5-8-12-18)29-22(26)21(28-4)19-13-9-6-10-14-19/h5-14,20-21H,15-17H2,1-4H3,(H,25,27)/t20?,21-/m0/s1. The molecule has 0 fully saturated rings. The van der Waals surface area contributed by atoms with Crippen LogP contribution < -0.4 is 5.32 Å². The SMILES string of the molecule is CO[C@H](C(=O)OC(CCc1ccccc1)CNC(=O)OC(C)(C)C)c1ccccc1. The first-order valence-electron chi connectivity index (χ1n) is 10.1. The molecule has 0 aromatic heterocycles. The van der Waals surface area contributed by atoms with Crippen molar-refractivity contribution in [3.63, 3.8) is 0 Å². The lowest BCUT2D eigenvalue weighted by atomic mass is 10.1. The van der Waals surface area contributed by atoms with Crippen LogP contribution in [0.4, 0.5) is 4.79 Å². The van der Waals surface area contributed by atoms with Crippen LogP contribution in [0.25, 0.3) is 0 Å². The summed E-state index contributed by atoms with van der Waals surface area (Å²) in [5.74, 6) is -0.493. The third-order valence-electron chi connectivity index (χ3n) is 4.31. The number of benzene rings is 2. The average molecular weight is 414 g/mol. The van der Waals surface area contributed by atoms with Gasteiger partial charge in [0.15, 0.2) is 6.10 Å². The average Bonchev–Trinajstić information content (AvgIpc) is 2.71. The molecule has 0 saturated heterocycles. The molecule has 0 aliphatic carbocycles. The van der Waals surface area contributed by atoms with E-state index in [1.807, 2.05) is 60.7 Å². The Morgan fingerprint density at radius 3 is 2.13 bits per heavy atom. The van der Waals surface area contributed by atoms with Crippen molar-refractivity contribution in [1.29, 1.82) is 0 Å². The lowest BCUT2D eigenvalue weighted by molar-refractivity contribution is -0.161. The summed E-state index contributed by atoms with van der Waals surface area (Å²) in [6.07, 6.45) is -0.637. The van der Waals surface area contributed by atoms with Gasteiger partial charge in [0.25, 0.3) is 0 Å². The molecule has 162 valence electrons. The Bertz CT molecular complexity index is 786. The number of alkyl carbamates (subject to hydrolysis) is 1. The minimum atomic E-state index is -0.827. The summed E-state index contributed by atoms with van der Waals surface area (Å²) >= 11 is 0. The molecule has 0 spiro atoms. The summed E-state index contributed by atoms with van der Waals surface area (Å²) in [7, 11) is 1.47. The fourth-order valence-electron chi connectivity index (χ4n) is 2.91. The third kappa shape index (κ3) is 8.25. The van der Waals surface area contributed by atoms with Crippen molar-refractivity contribution in [2.75, 3.05) is 13.7 Å². The fourth-order valence-corrected chi connectivity index (χ4v) is 2.91. The van der Waals surface area contributed by atoms with Crippen LogP contribution in [0.2, 0.25) is 0 Å². The van der Waals surface area contributed by atoms with Crippen LogP contribution in [0.3, 0.4) is 0 Å². The van der Waals surface area contributed by atoms with E-state index >= 15 is 0 Å². The lowest BCUT2D eigenvalue weighted by Crippen LogP contribution is -2.39. The second kappa shape index (κ2) is 11.4. The van der Waals surface area contributed by atoms with Crippen molar-refractivity contribution < 1.29 is 23.8 Å². The number of amides is 1. The van der Waals surface area contributed by atoms with Crippen LogP contribution in [0.1, 0.15) is 44.4 Å². The smallest absolute Gasteiger partial charge is 0.407 e. The van der Waals surface area contributed by atoms with Gasteiger partial charge in [-0.1, -0.05) is 60.7 Å². The van der Waals surface area contributed by atoms with Crippen molar-refractivity contribution in [3.8, 4) is 0 Å². The first kappa shape index (κ1) is 23.4. The molecule has 0 aliphatic rings. The van der Waals surface area contributed by atoms with Gasteiger partial charge in [-0.15, -0.1) is 0 Å². The van der Waals surface area contributed by atoms with Crippen molar-refractivity contribution in [2.24, 2.45) is 0 Å². The molecule has 1 amide bonds. The van der Waals surface area contributed by atoms with Gasteiger partial charge in [0.05, 0.1) is 6.54 Å². The van der Waals surface area contributed by atoms with Crippen molar-refractivity contribution >= 4 is 12.1 Å². The second-order valence-corrected chi connectivity index (χ2v) is 7.99. The van der Waals surface area contributed by atoms with E-state index in [2.05, 4.69) is 5.32 Å². The Hall–Kier alpha value is -2.86. The van der Waals surface area contributed by atoms with E-state index in [0.29, 0.717) is 18.4 Å². The highest BCUT2D eigenvalue weighted by Gasteiger charge is 2.26. The number of aryl methyl sites for hydroxylation is 1. The zero-order valence-corrected chi connectivity index (χ0v) is 18.1. The second-order valence-electron chi connectivity index (χ2n) is 7.99. The maximum Gasteiger partial charge on any atom is 0.407 e. The molecule has 6 heteroatoms. The lowest BCUT2D eigenvalue weighted by Gasteiger charge is -2.24. The first-order chi connectivity index (χ1) is 14.3. The predicted molar refractivity (Wildman–Crippen MR) is 115 cm³/mol.